The lowest BCUT2D eigenvalue weighted by Crippen LogP contribution is -2.27. The Labute approximate surface area is 244 Å². The van der Waals surface area contributed by atoms with Crippen molar-refractivity contribution in [1.82, 2.24) is 0 Å². The number of carbonyl (C=O) groups is 2. The number of esters is 1. The molecule has 0 saturated heterocycles. The standard InChI is InChI=1S/C37H40O4/c1-4-5-6-8-15-30-24-32-33(38)22-23-37(32,35(30)28-13-9-7-10-14-28)26(2)31-16-11-12-17-34(31)41-25-27-18-20-29(21-19-27)36(39)40-3/h7,9-14,16-21,32H,2,4-6,8,15,22-25H2,1,3H3. The van der Waals surface area contributed by atoms with Gasteiger partial charge < -0.3 is 9.47 Å². The second-order valence-corrected chi connectivity index (χ2v) is 11.3. The van der Waals surface area contributed by atoms with Gasteiger partial charge in [-0.05, 0) is 66.2 Å². The minimum absolute atomic E-state index is 0.0784. The zero-order valence-corrected chi connectivity index (χ0v) is 24.3. The van der Waals surface area contributed by atoms with Gasteiger partial charge in [-0.1, -0.05) is 99.0 Å². The molecule has 2 aliphatic carbocycles. The van der Waals surface area contributed by atoms with Crippen LogP contribution in [0.25, 0.3) is 11.1 Å². The number of para-hydroxylation sites is 1. The number of allylic oxidation sites excluding steroid dienone is 3. The lowest BCUT2D eigenvalue weighted by atomic mass is 9.66. The Kier molecular flexibility index (Phi) is 8.87. The molecule has 41 heavy (non-hydrogen) atoms. The van der Waals surface area contributed by atoms with E-state index in [-0.39, 0.29) is 11.9 Å². The highest BCUT2D eigenvalue weighted by Crippen LogP contribution is 2.65. The SMILES string of the molecule is C=C(c1ccccc1OCc1ccc(C(=O)OC)cc1)C12CCC(=O)C1CC(CCCCCC)=C2c1ccccc1. The van der Waals surface area contributed by atoms with Crippen LogP contribution < -0.4 is 4.74 Å². The molecule has 212 valence electrons. The molecule has 0 aromatic heterocycles. The molecule has 0 N–H and O–H groups in total. The average molecular weight is 549 g/mol. The number of carbonyl (C=O) groups excluding carboxylic acids is 2. The Morgan fingerprint density at radius 3 is 2.41 bits per heavy atom. The smallest absolute Gasteiger partial charge is 0.337 e. The van der Waals surface area contributed by atoms with Crippen LogP contribution >= 0.6 is 0 Å². The fourth-order valence-corrected chi connectivity index (χ4v) is 6.86. The molecular formula is C37H40O4. The van der Waals surface area contributed by atoms with Gasteiger partial charge in [0.25, 0.3) is 0 Å². The summed E-state index contributed by atoms with van der Waals surface area (Å²) in [6.07, 6.45) is 8.03. The van der Waals surface area contributed by atoms with Crippen LogP contribution in [0.2, 0.25) is 0 Å². The number of Topliss-reactive ketones (excluding diaryl/α,β-unsaturated/α-hetero) is 1. The zero-order valence-electron chi connectivity index (χ0n) is 24.3. The lowest BCUT2D eigenvalue weighted by Gasteiger charge is -2.36. The molecule has 2 unspecified atom stereocenters. The van der Waals surface area contributed by atoms with Gasteiger partial charge in [-0.25, -0.2) is 4.79 Å². The Bertz CT molecular complexity index is 1430. The van der Waals surface area contributed by atoms with Crippen LogP contribution in [0.5, 0.6) is 5.75 Å². The fourth-order valence-electron chi connectivity index (χ4n) is 6.86. The average Bonchev–Trinajstić information content (AvgIpc) is 3.52. The summed E-state index contributed by atoms with van der Waals surface area (Å²) in [5, 5.41) is 0. The number of benzene rings is 3. The van der Waals surface area contributed by atoms with Crippen molar-refractivity contribution in [3.05, 3.63) is 113 Å². The normalized spacial score (nSPS) is 19.8. The van der Waals surface area contributed by atoms with Crippen molar-refractivity contribution >= 4 is 22.9 Å². The van der Waals surface area contributed by atoms with Gasteiger partial charge in [0.1, 0.15) is 18.1 Å². The molecule has 4 heteroatoms. The summed E-state index contributed by atoms with van der Waals surface area (Å²) in [7, 11) is 1.38. The highest BCUT2D eigenvalue weighted by molar-refractivity contribution is 6.01. The van der Waals surface area contributed by atoms with Crippen molar-refractivity contribution < 1.29 is 19.1 Å². The van der Waals surface area contributed by atoms with E-state index in [1.165, 1.54) is 43.1 Å². The van der Waals surface area contributed by atoms with Gasteiger partial charge >= 0.3 is 5.97 Å². The highest BCUT2D eigenvalue weighted by Gasteiger charge is 2.57. The zero-order chi connectivity index (χ0) is 28.8. The van der Waals surface area contributed by atoms with Crippen molar-refractivity contribution in [1.29, 1.82) is 0 Å². The van der Waals surface area contributed by atoms with Crippen LogP contribution in [0.3, 0.4) is 0 Å². The Hall–Kier alpha value is -3.92. The van der Waals surface area contributed by atoms with Gasteiger partial charge in [0.2, 0.25) is 0 Å². The van der Waals surface area contributed by atoms with E-state index in [0.29, 0.717) is 24.4 Å². The number of ketones is 1. The van der Waals surface area contributed by atoms with Gasteiger partial charge in [-0.3, -0.25) is 4.79 Å². The van der Waals surface area contributed by atoms with Gasteiger partial charge in [-0.2, -0.15) is 0 Å². The maximum atomic E-state index is 13.5. The number of fused-ring (bicyclic) bond motifs is 1. The molecule has 5 rings (SSSR count). The summed E-state index contributed by atoms with van der Waals surface area (Å²) in [5.41, 5.74) is 6.92. The molecule has 2 aliphatic rings. The maximum Gasteiger partial charge on any atom is 0.337 e. The molecule has 3 aromatic rings. The van der Waals surface area contributed by atoms with Crippen molar-refractivity contribution in [2.75, 3.05) is 7.11 Å². The number of ether oxygens (including phenoxy) is 2. The van der Waals surface area contributed by atoms with Crippen LogP contribution in [0.15, 0.2) is 91.0 Å². The molecule has 1 saturated carbocycles. The van der Waals surface area contributed by atoms with E-state index in [1.807, 2.05) is 30.3 Å². The summed E-state index contributed by atoms with van der Waals surface area (Å²) in [5.74, 6) is 0.672. The molecule has 0 spiro atoms. The van der Waals surface area contributed by atoms with E-state index >= 15 is 0 Å². The number of hydrogen-bond donors (Lipinski definition) is 0. The summed E-state index contributed by atoms with van der Waals surface area (Å²) in [6, 6.07) is 26.0. The van der Waals surface area contributed by atoms with E-state index in [2.05, 4.69) is 43.3 Å². The Morgan fingerprint density at radius 1 is 0.951 bits per heavy atom. The molecule has 2 atom stereocenters. The van der Waals surface area contributed by atoms with E-state index < -0.39 is 5.41 Å². The fraction of sp³-hybridized carbons (Fsp3) is 0.351. The number of methoxy groups -OCH3 is 1. The second kappa shape index (κ2) is 12.7. The number of rotatable bonds is 12. The summed E-state index contributed by atoms with van der Waals surface area (Å²) in [4.78, 5) is 25.3. The molecule has 0 heterocycles. The minimum atomic E-state index is -0.430. The topological polar surface area (TPSA) is 52.6 Å². The summed E-state index contributed by atoms with van der Waals surface area (Å²) < 4.78 is 11.2. The van der Waals surface area contributed by atoms with Crippen molar-refractivity contribution in [3.63, 3.8) is 0 Å². The van der Waals surface area contributed by atoms with E-state index in [0.717, 1.165) is 48.1 Å². The van der Waals surface area contributed by atoms with E-state index in [9.17, 15) is 9.59 Å². The Balaban J connectivity index is 1.48. The summed E-state index contributed by atoms with van der Waals surface area (Å²) in [6.45, 7) is 7.32. The van der Waals surface area contributed by atoms with Crippen molar-refractivity contribution in [2.24, 2.45) is 11.3 Å². The van der Waals surface area contributed by atoms with Crippen LogP contribution in [0, 0.1) is 11.3 Å². The quantitative estimate of drug-likeness (QED) is 0.168. The van der Waals surface area contributed by atoms with Crippen LogP contribution in [0.4, 0.5) is 0 Å². The lowest BCUT2D eigenvalue weighted by molar-refractivity contribution is -0.121. The Morgan fingerprint density at radius 2 is 1.68 bits per heavy atom. The highest BCUT2D eigenvalue weighted by atomic mass is 16.5. The number of hydrogen-bond acceptors (Lipinski definition) is 4. The summed E-state index contributed by atoms with van der Waals surface area (Å²) >= 11 is 0. The predicted octanol–water partition coefficient (Wildman–Crippen LogP) is 8.86. The van der Waals surface area contributed by atoms with Gasteiger partial charge in [0.15, 0.2) is 0 Å². The van der Waals surface area contributed by atoms with Gasteiger partial charge in [0, 0.05) is 23.3 Å². The van der Waals surface area contributed by atoms with Gasteiger partial charge in [-0.15, -0.1) is 0 Å². The first-order valence-corrected chi connectivity index (χ1v) is 14.9. The molecule has 1 fully saturated rings. The van der Waals surface area contributed by atoms with Crippen LogP contribution in [-0.4, -0.2) is 18.9 Å². The maximum absolute atomic E-state index is 13.5. The molecule has 4 nitrogen and oxygen atoms in total. The van der Waals surface area contributed by atoms with Crippen molar-refractivity contribution in [2.45, 2.75) is 64.9 Å². The monoisotopic (exact) mass is 548 g/mol. The largest absolute Gasteiger partial charge is 0.488 e. The number of unbranched alkanes of at least 4 members (excludes halogenated alkanes) is 3. The first-order chi connectivity index (χ1) is 20.0. The third kappa shape index (κ3) is 5.66. The predicted molar refractivity (Wildman–Crippen MR) is 164 cm³/mol. The molecule has 0 amide bonds. The molecule has 0 radical (unpaired) electrons. The molecule has 0 bridgehead atoms. The molecular weight excluding hydrogens is 508 g/mol. The first-order valence-electron chi connectivity index (χ1n) is 14.9. The van der Waals surface area contributed by atoms with E-state index in [1.54, 1.807) is 12.1 Å². The van der Waals surface area contributed by atoms with Gasteiger partial charge in [0.05, 0.1) is 12.7 Å². The molecule has 3 aromatic carbocycles. The molecule has 0 aliphatic heterocycles. The van der Waals surface area contributed by atoms with Crippen molar-refractivity contribution in [3.8, 4) is 5.75 Å². The van der Waals surface area contributed by atoms with Crippen LogP contribution in [0.1, 0.15) is 85.3 Å². The van der Waals surface area contributed by atoms with E-state index in [4.69, 9.17) is 16.1 Å². The second-order valence-electron chi connectivity index (χ2n) is 11.3. The third-order valence-corrected chi connectivity index (χ3v) is 8.91. The third-order valence-electron chi connectivity index (χ3n) is 8.91. The minimum Gasteiger partial charge on any atom is -0.488 e. The van der Waals surface area contributed by atoms with Crippen LogP contribution in [-0.2, 0) is 16.1 Å². The first kappa shape index (κ1) is 28.6.